The van der Waals surface area contributed by atoms with E-state index in [0.717, 1.165) is 22.9 Å². The second kappa shape index (κ2) is 12.6. The molecule has 0 saturated carbocycles. The van der Waals surface area contributed by atoms with E-state index in [1.807, 2.05) is 44.2 Å². The Bertz CT molecular complexity index is 1420. The maximum Gasteiger partial charge on any atom is 0.229 e. The molecule has 8 nitrogen and oxygen atoms in total. The number of nitrogens with one attached hydrogen (secondary N) is 3. The van der Waals surface area contributed by atoms with Crippen molar-refractivity contribution in [2.45, 2.75) is 58.7 Å². The molecule has 9 heteroatoms. The van der Waals surface area contributed by atoms with Crippen LogP contribution < -0.4 is 15.4 Å². The molecule has 0 aromatic heterocycles. The molecule has 39 heavy (non-hydrogen) atoms. The molecule has 210 valence electrons. The van der Waals surface area contributed by atoms with Crippen molar-refractivity contribution in [1.29, 1.82) is 0 Å². The van der Waals surface area contributed by atoms with Gasteiger partial charge in [-0.1, -0.05) is 48.5 Å². The minimum atomic E-state index is -3.58. The zero-order chi connectivity index (χ0) is 28.8. The van der Waals surface area contributed by atoms with E-state index >= 15 is 0 Å². The summed E-state index contributed by atoms with van der Waals surface area (Å²) < 4.78 is 25.3. The van der Waals surface area contributed by atoms with E-state index in [4.69, 9.17) is 0 Å². The number of aromatic hydroxyl groups is 1. The number of phenols is 1. The molecule has 0 heterocycles. The first kappa shape index (κ1) is 30.1. The normalized spacial score (nSPS) is 12.7. The fourth-order valence-electron chi connectivity index (χ4n) is 4.32. The number of hydrogen-bond donors (Lipinski definition) is 5. The third-order valence-corrected chi connectivity index (χ3v) is 7.13. The largest absolute Gasteiger partial charge is 0.506 e. The molecule has 0 saturated heterocycles. The Hall–Kier alpha value is -3.40. The summed E-state index contributed by atoms with van der Waals surface area (Å²) in [6.07, 6.45) is 1.02. The van der Waals surface area contributed by atoms with E-state index in [1.54, 1.807) is 6.07 Å². The Morgan fingerprint density at radius 3 is 2.36 bits per heavy atom. The van der Waals surface area contributed by atoms with Crippen molar-refractivity contribution >= 4 is 21.6 Å². The zero-order valence-electron chi connectivity index (χ0n) is 23.2. The minimum Gasteiger partial charge on any atom is -0.506 e. The number of carbonyl (C=O) groups excluding carboxylic acids is 1. The van der Waals surface area contributed by atoms with Gasteiger partial charge in [-0.25, -0.2) is 8.42 Å². The first-order chi connectivity index (χ1) is 18.2. The van der Waals surface area contributed by atoms with Gasteiger partial charge in [-0.2, -0.15) is 0 Å². The number of benzene rings is 3. The summed E-state index contributed by atoms with van der Waals surface area (Å²) in [5, 5.41) is 27.0. The van der Waals surface area contributed by atoms with Crippen LogP contribution in [0.15, 0.2) is 60.7 Å². The van der Waals surface area contributed by atoms with E-state index < -0.39 is 16.1 Å². The van der Waals surface area contributed by atoms with E-state index in [1.165, 1.54) is 23.3 Å². The van der Waals surface area contributed by atoms with Gasteiger partial charge in [0, 0.05) is 18.6 Å². The highest BCUT2D eigenvalue weighted by atomic mass is 32.2. The monoisotopic (exact) mass is 553 g/mol. The van der Waals surface area contributed by atoms with Crippen molar-refractivity contribution in [3.63, 3.8) is 0 Å². The van der Waals surface area contributed by atoms with Crippen LogP contribution in [0.3, 0.4) is 0 Å². The Kier molecular flexibility index (Phi) is 9.77. The van der Waals surface area contributed by atoms with Gasteiger partial charge in [0.05, 0.1) is 24.5 Å². The van der Waals surface area contributed by atoms with Crippen molar-refractivity contribution in [1.82, 2.24) is 10.6 Å². The van der Waals surface area contributed by atoms with Crippen LogP contribution in [0.5, 0.6) is 5.75 Å². The Morgan fingerprint density at radius 2 is 1.67 bits per heavy atom. The number of aliphatic hydroxyl groups is 1. The molecule has 5 N–H and O–H groups in total. The number of carbonyl (C=O) groups is 1. The van der Waals surface area contributed by atoms with Crippen LogP contribution in [0.2, 0.25) is 0 Å². The minimum absolute atomic E-state index is 0.0168. The van der Waals surface area contributed by atoms with Crippen LogP contribution in [-0.2, 0) is 34.2 Å². The standard InChI is InChI=1S/C30H39N3O5S/c1-20-9-10-24(13-21(20)2)18-31-29(36)15-22-7-6-8-23(14-22)17-30(3,4)32-19-28(35)25-11-12-27(34)26(16-25)33-39(5,37)38/h6-14,16,28,32-35H,15,17-19H2,1-5H3,(H,31,36)/t28-/m0/s1. The number of β-amino-alcohol motifs (C(OH)–C–C–N with tert-alkyl or cyclic N) is 1. The highest BCUT2D eigenvalue weighted by Gasteiger charge is 2.21. The van der Waals surface area contributed by atoms with Crippen molar-refractivity contribution in [3.8, 4) is 5.75 Å². The van der Waals surface area contributed by atoms with Gasteiger partial charge in [-0.05, 0) is 79.6 Å². The molecule has 3 rings (SSSR count). The number of phenolic OH excluding ortho intramolecular Hbond substituents is 1. The third-order valence-electron chi connectivity index (χ3n) is 6.54. The van der Waals surface area contributed by atoms with Crippen molar-refractivity contribution in [3.05, 3.63) is 94.0 Å². The molecular weight excluding hydrogens is 514 g/mol. The van der Waals surface area contributed by atoms with Gasteiger partial charge in [-0.3, -0.25) is 9.52 Å². The lowest BCUT2D eigenvalue weighted by molar-refractivity contribution is -0.120. The van der Waals surface area contributed by atoms with Crippen LogP contribution >= 0.6 is 0 Å². The van der Waals surface area contributed by atoms with Gasteiger partial charge in [-0.15, -0.1) is 0 Å². The molecule has 0 aliphatic rings. The first-order valence-corrected chi connectivity index (χ1v) is 14.7. The number of anilines is 1. The molecule has 0 aliphatic heterocycles. The number of hydrogen-bond acceptors (Lipinski definition) is 6. The predicted octanol–water partition coefficient (Wildman–Crippen LogP) is 3.88. The number of rotatable bonds is 12. The summed E-state index contributed by atoms with van der Waals surface area (Å²) >= 11 is 0. The quantitative estimate of drug-likeness (QED) is 0.217. The Morgan fingerprint density at radius 1 is 0.949 bits per heavy atom. The Labute approximate surface area is 231 Å². The molecule has 0 radical (unpaired) electrons. The van der Waals surface area contributed by atoms with Crippen molar-refractivity contribution in [2.24, 2.45) is 0 Å². The smallest absolute Gasteiger partial charge is 0.229 e. The van der Waals surface area contributed by atoms with Crippen LogP contribution in [-0.4, -0.2) is 42.9 Å². The van der Waals surface area contributed by atoms with Crippen LogP contribution in [0.25, 0.3) is 0 Å². The Balaban J connectivity index is 1.55. The van der Waals surface area contributed by atoms with Gasteiger partial charge >= 0.3 is 0 Å². The maximum atomic E-state index is 12.6. The average molecular weight is 554 g/mol. The van der Waals surface area contributed by atoms with E-state index in [0.29, 0.717) is 18.5 Å². The SMILES string of the molecule is Cc1ccc(CNC(=O)Cc2cccc(CC(C)(C)NC[C@H](O)c3ccc(O)c(NS(C)(=O)=O)c3)c2)cc1C. The van der Waals surface area contributed by atoms with Crippen LogP contribution in [0, 0.1) is 13.8 Å². The van der Waals surface area contributed by atoms with Crippen LogP contribution in [0.4, 0.5) is 5.69 Å². The van der Waals surface area contributed by atoms with Gasteiger partial charge in [0.25, 0.3) is 0 Å². The maximum absolute atomic E-state index is 12.6. The fraction of sp³-hybridized carbons (Fsp3) is 0.367. The van der Waals surface area contributed by atoms with Gasteiger partial charge in [0.2, 0.25) is 15.9 Å². The number of amides is 1. The number of aliphatic hydroxyl groups excluding tert-OH is 1. The summed E-state index contributed by atoms with van der Waals surface area (Å²) in [6.45, 7) is 8.89. The average Bonchev–Trinajstić information content (AvgIpc) is 2.84. The van der Waals surface area contributed by atoms with E-state index in [2.05, 4.69) is 41.3 Å². The summed E-state index contributed by atoms with van der Waals surface area (Å²) in [6, 6.07) is 18.4. The molecule has 0 aliphatic carbocycles. The third kappa shape index (κ3) is 9.69. The molecule has 0 bridgehead atoms. The molecule has 1 amide bonds. The van der Waals surface area contributed by atoms with Crippen molar-refractivity contribution in [2.75, 3.05) is 17.5 Å². The number of sulfonamides is 1. The topological polar surface area (TPSA) is 128 Å². The van der Waals surface area contributed by atoms with Gasteiger partial charge < -0.3 is 20.8 Å². The number of aryl methyl sites for hydroxylation is 2. The molecule has 0 unspecified atom stereocenters. The second-order valence-corrected chi connectivity index (χ2v) is 12.5. The zero-order valence-corrected chi connectivity index (χ0v) is 24.0. The molecule has 3 aromatic rings. The first-order valence-electron chi connectivity index (χ1n) is 12.9. The van der Waals surface area contributed by atoms with Crippen LogP contribution in [0.1, 0.15) is 53.3 Å². The summed E-state index contributed by atoms with van der Waals surface area (Å²) in [4.78, 5) is 12.6. The molecule has 0 spiro atoms. The van der Waals surface area contributed by atoms with Gasteiger partial charge in [0.15, 0.2) is 0 Å². The molecule has 0 fully saturated rings. The highest BCUT2D eigenvalue weighted by molar-refractivity contribution is 7.92. The second-order valence-electron chi connectivity index (χ2n) is 10.8. The van der Waals surface area contributed by atoms with E-state index in [9.17, 15) is 23.4 Å². The van der Waals surface area contributed by atoms with E-state index in [-0.39, 0.29) is 35.8 Å². The highest BCUT2D eigenvalue weighted by Crippen LogP contribution is 2.28. The lowest BCUT2D eigenvalue weighted by Gasteiger charge is -2.28. The predicted molar refractivity (Wildman–Crippen MR) is 155 cm³/mol. The lowest BCUT2D eigenvalue weighted by Crippen LogP contribution is -2.43. The summed E-state index contributed by atoms with van der Waals surface area (Å²) in [5.41, 5.74) is 5.60. The van der Waals surface area contributed by atoms with Gasteiger partial charge in [0.1, 0.15) is 5.75 Å². The van der Waals surface area contributed by atoms with Crippen molar-refractivity contribution < 1.29 is 23.4 Å². The molecule has 3 aromatic carbocycles. The summed E-state index contributed by atoms with van der Waals surface area (Å²) in [5.74, 6) is -0.256. The summed E-state index contributed by atoms with van der Waals surface area (Å²) in [7, 11) is -3.58. The fourth-order valence-corrected chi connectivity index (χ4v) is 4.88. The lowest BCUT2D eigenvalue weighted by atomic mass is 9.93. The molecular formula is C30H39N3O5S. The molecule has 1 atom stereocenters.